The van der Waals surface area contributed by atoms with Crippen LogP contribution in [0.25, 0.3) is 0 Å². The van der Waals surface area contributed by atoms with Gasteiger partial charge in [0.15, 0.2) is 5.54 Å². The Balaban J connectivity index is 3.12. The number of ether oxygens (including phenoxy) is 1. The van der Waals surface area contributed by atoms with E-state index in [4.69, 9.17) is 4.74 Å². The normalized spacial score (nSPS) is 14.2. The van der Waals surface area contributed by atoms with E-state index in [0.29, 0.717) is 6.54 Å². The molecule has 0 spiro atoms. The van der Waals surface area contributed by atoms with Crippen molar-refractivity contribution in [2.45, 2.75) is 18.9 Å². The molecule has 0 fully saturated rings. The molecule has 1 aromatic rings. The minimum Gasteiger partial charge on any atom is -0.467 e. The topological polar surface area (TPSA) is 41.6 Å². The van der Waals surface area contributed by atoms with E-state index in [2.05, 4.69) is 17.1 Å². The molecule has 19 heavy (non-hydrogen) atoms. The Hall–Kier alpha value is -1.39. The largest absolute Gasteiger partial charge is 0.467 e. The van der Waals surface area contributed by atoms with Crippen molar-refractivity contribution in [3.63, 3.8) is 0 Å². The highest BCUT2D eigenvalue weighted by atomic mass is 16.5. The van der Waals surface area contributed by atoms with Crippen LogP contribution in [0.2, 0.25) is 0 Å². The Kier molecular flexibility index (Phi) is 5.99. The van der Waals surface area contributed by atoms with E-state index in [0.717, 1.165) is 18.5 Å². The number of rotatable bonds is 7. The van der Waals surface area contributed by atoms with Crippen LogP contribution in [0.3, 0.4) is 0 Å². The third-order valence-corrected chi connectivity index (χ3v) is 3.34. The maximum Gasteiger partial charge on any atom is 0.332 e. The molecule has 0 aliphatic rings. The van der Waals surface area contributed by atoms with Crippen molar-refractivity contribution in [3.05, 3.63) is 35.9 Å². The minimum absolute atomic E-state index is 0.260. The van der Waals surface area contributed by atoms with Crippen molar-refractivity contribution in [3.8, 4) is 0 Å². The van der Waals surface area contributed by atoms with E-state index in [-0.39, 0.29) is 5.97 Å². The van der Waals surface area contributed by atoms with Gasteiger partial charge in [-0.1, -0.05) is 37.3 Å². The number of esters is 1. The van der Waals surface area contributed by atoms with E-state index in [1.807, 2.05) is 37.4 Å². The average Bonchev–Trinajstić information content (AvgIpc) is 2.45. The maximum atomic E-state index is 12.3. The number of hydrogen-bond acceptors (Lipinski definition) is 4. The molecule has 0 aromatic heterocycles. The number of carbonyl (C=O) groups excluding carboxylic acids is 1. The lowest BCUT2D eigenvalue weighted by atomic mass is 9.89. The van der Waals surface area contributed by atoms with Gasteiger partial charge < -0.3 is 15.0 Å². The van der Waals surface area contributed by atoms with Gasteiger partial charge in [-0.2, -0.15) is 0 Å². The number of hydrogen-bond donors (Lipinski definition) is 1. The fourth-order valence-corrected chi connectivity index (χ4v) is 2.36. The van der Waals surface area contributed by atoms with Gasteiger partial charge in [0.25, 0.3) is 0 Å². The number of nitrogens with one attached hydrogen (secondary N) is 1. The second-order valence-electron chi connectivity index (χ2n) is 4.75. The molecule has 1 rings (SSSR count). The molecule has 0 amide bonds. The van der Waals surface area contributed by atoms with Crippen LogP contribution < -0.4 is 5.32 Å². The van der Waals surface area contributed by atoms with E-state index in [1.165, 1.54) is 7.11 Å². The number of nitrogens with zero attached hydrogens (tertiary/aromatic N) is 1. The van der Waals surface area contributed by atoms with Gasteiger partial charge in [-0.05, 0) is 32.6 Å². The van der Waals surface area contributed by atoms with Crippen molar-refractivity contribution < 1.29 is 9.53 Å². The molecule has 0 saturated heterocycles. The first kappa shape index (κ1) is 15.7. The second-order valence-corrected chi connectivity index (χ2v) is 4.75. The standard InChI is InChI=1S/C15H24N2O2/c1-5-11-17(3)12-15(16-2,14(18)19-4)13-9-7-6-8-10-13/h6-10,16H,5,11-12H2,1-4H3. The highest BCUT2D eigenvalue weighted by molar-refractivity contribution is 5.83. The maximum absolute atomic E-state index is 12.3. The second kappa shape index (κ2) is 7.26. The molecular weight excluding hydrogens is 240 g/mol. The summed E-state index contributed by atoms with van der Waals surface area (Å²) in [4.78, 5) is 14.4. The molecule has 4 heteroatoms. The van der Waals surface area contributed by atoms with Crippen LogP contribution in [0.4, 0.5) is 0 Å². The first-order valence-corrected chi connectivity index (χ1v) is 6.62. The van der Waals surface area contributed by atoms with Crippen molar-refractivity contribution in [1.82, 2.24) is 10.2 Å². The Morgan fingerprint density at radius 1 is 1.37 bits per heavy atom. The fourth-order valence-electron chi connectivity index (χ4n) is 2.36. The SMILES string of the molecule is CCCN(C)CC(NC)(C(=O)OC)c1ccccc1. The molecule has 1 unspecified atom stereocenters. The third-order valence-electron chi connectivity index (χ3n) is 3.34. The first-order chi connectivity index (χ1) is 9.10. The summed E-state index contributed by atoms with van der Waals surface area (Å²) in [6.45, 7) is 3.64. The van der Waals surface area contributed by atoms with Gasteiger partial charge >= 0.3 is 5.97 Å². The summed E-state index contributed by atoms with van der Waals surface area (Å²) in [5, 5.41) is 3.16. The summed E-state index contributed by atoms with van der Waals surface area (Å²) in [5.41, 5.74) is 0.104. The zero-order valence-electron chi connectivity index (χ0n) is 12.3. The van der Waals surface area contributed by atoms with E-state index in [1.54, 1.807) is 7.05 Å². The van der Waals surface area contributed by atoms with Gasteiger partial charge in [-0.15, -0.1) is 0 Å². The van der Waals surface area contributed by atoms with Gasteiger partial charge in [0.1, 0.15) is 0 Å². The summed E-state index contributed by atoms with van der Waals surface area (Å²) in [6, 6.07) is 9.71. The van der Waals surface area contributed by atoms with Crippen LogP contribution in [0.1, 0.15) is 18.9 Å². The van der Waals surface area contributed by atoms with E-state index in [9.17, 15) is 4.79 Å². The molecule has 0 bridgehead atoms. The van der Waals surface area contributed by atoms with Gasteiger partial charge in [0.05, 0.1) is 7.11 Å². The van der Waals surface area contributed by atoms with Crippen LogP contribution in [0.15, 0.2) is 30.3 Å². The smallest absolute Gasteiger partial charge is 0.332 e. The molecule has 1 aromatic carbocycles. The summed E-state index contributed by atoms with van der Waals surface area (Å²) < 4.78 is 5.01. The van der Waals surface area contributed by atoms with Crippen molar-refractivity contribution in [2.75, 3.05) is 34.3 Å². The lowest BCUT2D eigenvalue weighted by molar-refractivity contribution is -0.149. The van der Waals surface area contributed by atoms with Gasteiger partial charge in [0, 0.05) is 6.54 Å². The van der Waals surface area contributed by atoms with Crippen LogP contribution >= 0.6 is 0 Å². The third kappa shape index (κ3) is 3.55. The molecule has 0 heterocycles. The van der Waals surface area contributed by atoms with Crippen molar-refractivity contribution in [2.24, 2.45) is 0 Å². The Morgan fingerprint density at radius 3 is 2.47 bits per heavy atom. The summed E-state index contributed by atoms with van der Waals surface area (Å²) in [5.74, 6) is -0.260. The summed E-state index contributed by atoms with van der Waals surface area (Å²) in [7, 11) is 5.24. The van der Waals surface area contributed by atoms with Crippen molar-refractivity contribution in [1.29, 1.82) is 0 Å². The van der Waals surface area contributed by atoms with Crippen LogP contribution in [0.5, 0.6) is 0 Å². The molecule has 1 atom stereocenters. The Morgan fingerprint density at radius 2 is 2.00 bits per heavy atom. The van der Waals surface area contributed by atoms with Crippen LogP contribution in [0, 0.1) is 0 Å². The van der Waals surface area contributed by atoms with Gasteiger partial charge in [-0.25, -0.2) is 4.79 Å². The first-order valence-electron chi connectivity index (χ1n) is 6.62. The predicted octanol–water partition coefficient (Wildman–Crippen LogP) is 1.62. The predicted molar refractivity (Wildman–Crippen MR) is 77.0 cm³/mol. The minimum atomic E-state index is -0.820. The zero-order chi connectivity index (χ0) is 14.3. The Labute approximate surface area is 115 Å². The van der Waals surface area contributed by atoms with Crippen molar-refractivity contribution >= 4 is 5.97 Å². The zero-order valence-corrected chi connectivity index (χ0v) is 12.3. The van der Waals surface area contributed by atoms with Crippen LogP contribution in [-0.2, 0) is 15.1 Å². The average molecular weight is 264 g/mol. The number of carbonyl (C=O) groups is 1. The Bertz CT molecular complexity index is 394. The monoisotopic (exact) mass is 264 g/mol. The molecule has 0 aliphatic carbocycles. The van der Waals surface area contributed by atoms with E-state index >= 15 is 0 Å². The molecule has 0 radical (unpaired) electrons. The number of methoxy groups -OCH3 is 1. The highest BCUT2D eigenvalue weighted by Crippen LogP contribution is 2.23. The number of likely N-dealkylation sites (N-methyl/N-ethyl adjacent to an activating group) is 2. The molecular formula is C15H24N2O2. The molecule has 4 nitrogen and oxygen atoms in total. The van der Waals surface area contributed by atoms with Crippen LogP contribution in [-0.4, -0.2) is 45.2 Å². The molecule has 1 N–H and O–H groups in total. The fraction of sp³-hybridized carbons (Fsp3) is 0.533. The molecule has 0 saturated carbocycles. The van der Waals surface area contributed by atoms with Gasteiger partial charge in [0.2, 0.25) is 0 Å². The highest BCUT2D eigenvalue weighted by Gasteiger charge is 2.40. The summed E-state index contributed by atoms with van der Waals surface area (Å²) >= 11 is 0. The lowest BCUT2D eigenvalue weighted by Crippen LogP contribution is -2.55. The molecule has 106 valence electrons. The van der Waals surface area contributed by atoms with E-state index < -0.39 is 5.54 Å². The number of benzene rings is 1. The summed E-state index contributed by atoms with van der Waals surface area (Å²) in [6.07, 6.45) is 1.05. The quantitative estimate of drug-likeness (QED) is 0.760. The van der Waals surface area contributed by atoms with Gasteiger partial charge in [-0.3, -0.25) is 0 Å². The molecule has 0 aliphatic heterocycles. The lowest BCUT2D eigenvalue weighted by Gasteiger charge is -2.34.